The summed E-state index contributed by atoms with van der Waals surface area (Å²) in [6.07, 6.45) is 0. The summed E-state index contributed by atoms with van der Waals surface area (Å²) < 4.78 is 10.5. The van der Waals surface area contributed by atoms with Crippen molar-refractivity contribution in [1.82, 2.24) is 5.32 Å². The van der Waals surface area contributed by atoms with Crippen molar-refractivity contribution in [3.8, 4) is 0 Å². The standard InChI is InChI=1S/C5H11NOS/c1-6-2-5-3-8(7)4-5/h5-6H,2-4H2,1H3. The summed E-state index contributed by atoms with van der Waals surface area (Å²) in [6, 6.07) is 0. The van der Waals surface area contributed by atoms with Crippen LogP contribution in [0, 0.1) is 5.92 Å². The normalized spacial score (nSPS) is 36.8. The molecule has 0 aromatic rings. The van der Waals surface area contributed by atoms with Crippen LogP contribution in [-0.2, 0) is 11.2 Å². The molecule has 0 aromatic heterocycles. The number of hydrogen-bond acceptors (Lipinski definition) is 2. The number of nitrogens with one attached hydrogen (secondary N) is 1. The molecule has 2 nitrogen and oxygen atoms in total. The second-order valence-electron chi connectivity index (χ2n) is 2.20. The fourth-order valence-corrected chi connectivity index (χ4v) is 2.07. The van der Waals surface area contributed by atoms with Crippen molar-refractivity contribution in [2.75, 3.05) is 25.1 Å². The van der Waals surface area contributed by atoms with E-state index in [4.69, 9.17) is 0 Å². The summed E-state index contributed by atoms with van der Waals surface area (Å²) in [7, 11) is 1.93. The minimum absolute atomic E-state index is 0.464. The van der Waals surface area contributed by atoms with Crippen LogP contribution in [-0.4, -0.2) is 29.7 Å². The zero-order chi connectivity index (χ0) is 5.98. The minimum Gasteiger partial charge on any atom is -0.616 e. The molecule has 8 heavy (non-hydrogen) atoms. The van der Waals surface area contributed by atoms with Gasteiger partial charge in [0.15, 0.2) is 0 Å². The van der Waals surface area contributed by atoms with Crippen LogP contribution in [0.15, 0.2) is 0 Å². The van der Waals surface area contributed by atoms with Crippen molar-refractivity contribution in [3.63, 3.8) is 0 Å². The maximum absolute atomic E-state index is 10.5. The molecular weight excluding hydrogens is 122 g/mol. The molecule has 0 bridgehead atoms. The molecule has 1 rings (SSSR count). The first-order chi connectivity index (χ1) is 3.83. The zero-order valence-electron chi connectivity index (χ0n) is 5.02. The van der Waals surface area contributed by atoms with Crippen LogP contribution in [0.2, 0.25) is 0 Å². The molecule has 0 radical (unpaired) electrons. The van der Waals surface area contributed by atoms with Gasteiger partial charge in [0, 0.05) is 6.54 Å². The fraction of sp³-hybridized carbons (Fsp3) is 1.00. The van der Waals surface area contributed by atoms with Crippen LogP contribution >= 0.6 is 0 Å². The Balaban J connectivity index is 1.98. The molecule has 48 valence electrons. The van der Waals surface area contributed by atoms with Crippen LogP contribution in [0.5, 0.6) is 0 Å². The first kappa shape index (κ1) is 6.39. The maximum Gasteiger partial charge on any atom is 0.114 e. The second-order valence-corrected chi connectivity index (χ2v) is 3.74. The van der Waals surface area contributed by atoms with Crippen molar-refractivity contribution in [2.45, 2.75) is 0 Å². The monoisotopic (exact) mass is 133 g/mol. The van der Waals surface area contributed by atoms with Crippen LogP contribution in [0.1, 0.15) is 0 Å². The lowest BCUT2D eigenvalue weighted by molar-refractivity contribution is 0.505. The Hall–Kier alpha value is 0.270. The predicted octanol–water partition coefficient (Wildman–Crippen LogP) is -0.416. The van der Waals surface area contributed by atoms with Gasteiger partial charge in [-0.2, -0.15) is 0 Å². The molecule has 0 unspecified atom stereocenters. The van der Waals surface area contributed by atoms with Gasteiger partial charge in [-0.15, -0.1) is 0 Å². The highest BCUT2D eigenvalue weighted by molar-refractivity contribution is 7.92. The zero-order valence-corrected chi connectivity index (χ0v) is 5.83. The van der Waals surface area contributed by atoms with Crippen LogP contribution in [0.4, 0.5) is 0 Å². The third-order valence-corrected chi connectivity index (χ3v) is 3.02. The van der Waals surface area contributed by atoms with Crippen molar-refractivity contribution in [3.05, 3.63) is 0 Å². The van der Waals surface area contributed by atoms with E-state index in [1.54, 1.807) is 0 Å². The molecule has 1 aliphatic heterocycles. The number of rotatable bonds is 2. The molecule has 0 aromatic carbocycles. The van der Waals surface area contributed by atoms with Gasteiger partial charge in [0.25, 0.3) is 0 Å². The summed E-state index contributed by atoms with van der Waals surface area (Å²) in [6.45, 7) is 1.03. The molecule has 1 fully saturated rings. The van der Waals surface area contributed by atoms with Gasteiger partial charge in [-0.3, -0.25) is 0 Å². The summed E-state index contributed by atoms with van der Waals surface area (Å²) in [5.74, 6) is 2.53. The molecule has 1 heterocycles. The van der Waals surface area contributed by atoms with E-state index in [-0.39, 0.29) is 0 Å². The lowest BCUT2D eigenvalue weighted by atomic mass is 10.2. The van der Waals surface area contributed by atoms with Gasteiger partial charge in [0.05, 0.1) is 5.92 Å². The molecule has 1 N–H and O–H groups in total. The molecule has 0 spiro atoms. The lowest BCUT2D eigenvalue weighted by Gasteiger charge is -2.28. The van der Waals surface area contributed by atoms with Crippen LogP contribution < -0.4 is 5.32 Å². The van der Waals surface area contributed by atoms with Gasteiger partial charge in [0.2, 0.25) is 0 Å². The van der Waals surface area contributed by atoms with E-state index in [9.17, 15) is 4.55 Å². The Labute approximate surface area is 52.8 Å². The highest BCUT2D eigenvalue weighted by atomic mass is 32.2. The minimum atomic E-state index is -0.464. The summed E-state index contributed by atoms with van der Waals surface area (Å²) in [5.41, 5.74) is 0. The van der Waals surface area contributed by atoms with E-state index < -0.39 is 11.2 Å². The molecule has 0 saturated carbocycles. The molecular formula is C5H11NOS. The summed E-state index contributed by atoms with van der Waals surface area (Å²) in [5, 5.41) is 3.06. The van der Waals surface area contributed by atoms with E-state index in [2.05, 4.69) is 5.32 Å². The largest absolute Gasteiger partial charge is 0.616 e. The van der Waals surface area contributed by atoms with E-state index in [1.165, 1.54) is 0 Å². The average molecular weight is 133 g/mol. The van der Waals surface area contributed by atoms with Gasteiger partial charge in [0.1, 0.15) is 11.5 Å². The van der Waals surface area contributed by atoms with E-state index in [0.29, 0.717) is 5.92 Å². The summed E-state index contributed by atoms with van der Waals surface area (Å²) >= 11 is -0.464. The molecule has 0 atom stereocenters. The number of hydrogen-bond donors (Lipinski definition) is 1. The summed E-state index contributed by atoms with van der Waals surface area (Å²) in [4.78, 5) is 0. The Morgan fingerprint density at radius 3 is 2.75 bits per heavy atom. The van der Waals surface area contributed by atoms with Gasteiger partial charge in [-0.05, 0) is 7.05 Å². The van der Waals surface area contributed by atoms with Gasteiger partial charge in [-0.1, -0.05) is 11.2 Å². The first-order valence-corrected chi connectivity index (χ1v) is 4.31. The van der Waals surface area contributed by atoms with Gasteiger partial charge < -0.3 is 9.87 Å². The van der Waals surface area contributed by atoms with Gasteiger partial charge in [-0.25, -0.2) is 0 Å². The SMILES string of the molecule is CNCC1C[S+]([O-])C1. The molecule has 1 aliphatic rings. The van der Waals surface area contributed by atoms with E-state index >= 15 is 0 Å². The van der Waals surface area contributed by atoms with Crippen molar-refractivity contribution >= 4 is 11.2 Å². The Morgan fingerprint density at radius 2 is 2.38 bits per heavy atom. The Bertz CT molecular complexity index is 70.1. The molecule has 3 heteroatoms. The third kappa shape index (κ3) is 1.37. The Morgan fingerprint density at radius 1 is 1.75 bits per heavy atom. The van der Waals surface area contributed by atoms with Crippen LogP contribution in [0.3, 0.4) is 0 Å². The van der Waals surface area contributed by atoms with Crippen molar-refractivity contribution in [2.24, 2.45) is 5.92 Å². The fourth-order valence-electron chi connectivity index (χ4n) is 0.883. The van der Waals surface area contributed by atoms with E-state index in [1.807, 2.05) is 7.05 Å². The van der Waals surface area contributed by atoms with Gasteiger partial charge >= 0.3 is 0 Å². The first-order valence-electron chi connectivity index (χ1n) is 2.82. The lowest BCUT2D eigenvalue weighted by Crippen LogP contribution is -2.41. The Kier molecular flexibility index (Phi) is 2.16. The maximum atomic E-state index is 10.5. The second kappa shape index (κ2) is 2.71. The topological polar surface area (TPSA) is 35.1 Å². The average Bonchev–Trinajstić information content (AvgIpc) is 1.64. The van der Waals surface area contributed by atoms with Crippen molar-refractivity contribution < 1.29 is 4.55 Å². The van der Waals surface area contributed by atoms with Crippen LogP contribution in [0.25, 0.3) is 0 Å². The quantitative estimate of drug-likeness (QED) is 0.519. The smallest absolute Gasteiger partial charge is 0.114 e. The highest BCUT2D eigenvalue weighted by Crippen LogP contribution is 2.16. The van der Waals surface area contributed by atoms with Crippen molar-refractivity contribution in [1.29, 1.82) is 0 Å². The van der Waals surface area contributed by atoms with E-state index in [0.717, 1.165) is 18.1 Å². The molecule has 0 amide bonds. The molecule has 1 saturated heterocycles. The molecule has 0 aliphatic carbocycles. The third-order valence-electron chi connectivity index (χ3n) is 1.34. The highest BCUT2D eigenvalue weighted by Gasteiger charge is 2.30. The predicted molar refractivity (Wildman–Crippen MR) is 35.3 cm³/mol.